The van der Waals surface area contributed by atoms with Crippen LogP contribution in [0.2, 0.25) is 5.02 Å². The van der Waals surface area contributed by atoms with E-state index < -0.39 is 0 Å². The Bertz CT molecular complexity index is 442. The van der Waals surface area contributed by atoms with Gasteiger partial charge in [0.05, 0.1) is 10.7 Å². The van der Waals surface area contributed by atoms with Crippen molar-refractivity contribution in [2.24, 2.45) is 5.92 Å². The van der Waals surface area contributed by atoms with E-state index in [9.17, 15) is 0 Å². The molecule has 0 spiro atoms. The minimum absolute atomic E-state index is 0.514. The number of hydrogen-bond donors (Lipinski definition) is 1. The maximum Gasteiger partial charge on any atom is 0.0642 e. The quantitative estimate of drug-likeness (QED) is 0.882. The molecule has 2 atom stereocenters. The maximum atomic E-state index is 6.41. The molecule has 2 aliphatic rings. The van der Waals surface area contributed by atoms with E-state index >= 15 is 0 Å². The van der Waals surface area contributed by atoms with Gasteiger partial charge in [0.1, 0.15) is 0 Å². The topological polar surface area (TPSA) is 15.3 Å². The van der Waals surface area contributed by atoms with Crippen LogP contribution in [-0.4, -0.2) is 25.2 Å². The van der Waals surface area contributed by atoms with Gasteiger partial charge in [-0.25, -0.2) is 0 Å². The van der Waals surface area contributed by atoms with Crippen molar-refractivity contribution < 1.29 is 0 Å². The largest absolute Gasteiger partial charge is 0.365 e. The normalized spacial score (nSPS) is 28.5. The van der Waals surface area contributed by atoms with Gasteiger partial charge < -0.3 is 10.2 Å². The Balaban J connectivity index is 1.83. The molecule has 3 heteroatoms. The summed E-state index contributed by atoms with van der Waals surface area (Å²) >= 11 is 6.41. The molecule has 0 amide bonds. The van der Waals surface area contributed by atoms with Crippen LogP contribution in [0.4, 0.5) is 5.69 Å². The first-order valence-corrected chi connectivity index (χ1v) is 7.29. The van der Waals surface area contributed by atoms with E-state index in [0.29, 0.717) is 12.1 Å². The summed E-state index contributed by atoms with van der Waals surface area (Å²) in [7, 11) is 0. The van der Waals surface area contributed by atoms with Gasteiger partial charge in [-0.15, -0.1) is 0 Å². The molecule has 0 aromatic heterocycles. The molecule has 1 aliphatic carbocycles. The van der Waals surface area contributed by atoms with E-state index in [0.717, 1.165) is 24.0 Å². The fraction of sp³-hybridized carbons (Fsp3) is 0.600. The van der Waals surface area contributed by atoms with Crippen LogP contribution >= 0.6 is 11.6 Å². The van der Waals surface area contributed by atoms with Crippen molar-refractivity contribution in [3.63, 3.8) is 0 Å². The Morgan fingerprint density at radius 3 is 2.78 bits per heavy atom. The van der Waals surface area contributed by atoms with Crippen molar-refractivity contribution in [3.05, 3.63) is 28.8 Å². The number of rotatable bonds is 2. The van der Waals surface area contributed by atoms with Crippen LogP contribution in [0.15, 0.2) is 18.2 Å². The summed E-state index contributed by atoms with van der Waals surface area (Å²) in [5.41, 5.74) is 2.42. The van der Waals surface area contributed by atoms with Crippen molar-refractivity contribution in [1.29, 1.82) is 0 Å². The van der Waals surface area contributed by atoms with Crippen LogP contribution in [0.25, 0.3) is 0 Å². The van der Waals surface area contributed by atoms with Gasteiger partial charge in [-0.2, -0.15) is 0 Å². The summed E-state index contributed by atoms with van der Waals surface area (Å²) in [6.45, 7) is 6.51. The molecule has 3 rings (SSSR count). The molecule has 2 fully saturated rings. The fourth-order valence-electron chi connectivity index (χ4n) is 2.88. The fourth-order valence-corrected chi connectivity index (χ4v) is 3.23. The monoisotopic (exact) mass is 264 g/mol. The number of nitrogens with one attached hydrogen (secondary N) is 1. The molecule has 1 saturated carbocycles. The third-order valence-corrected chi connectivity index (χ3v) is 4.51. The summed E-state index contributed by atoms with van der Waals surface area (Å²) in [6, 6.07) is 7.56. The first-order chi connectivity index (χ1) is 8.65. The molecule has 2 nitrogen and oxygen atoms in total. The Morgan fingerprint density at radius 2 is 2.11 bits per heavy atom. The summed E-state index contributed by atoms with van der Waals surface area (Å²) in [5.74, 6) is 0.893. The third kappa shape index (κ3) is 2.36. The van der Waals surface area contributed by atoms with Crippen LogP contribution in [0.5, 0.6) is 0 Å². The second-order valence-corrected chi connectivity index (χ2v) is 6.22. The van der Waals surface area contributed by atoms with Crippen LogP contribution in [0.1, 0.15) is 25.3 Å². The van der Waals surface area contributed by atoms with E-state index in [1.54, 1.807) is 0 Å². The first-order valence-electron chi connectivity index (χ1n) is 6.91. The highest BCUT2D eigenvalue weighted by molar-refractivity contribution is 6.33. The summed E-state index contributed by atoms with van der Waals surface area (Å²) < 4.78 is 0. The summed E-state index contributed by atoms with van der Waals surface area (Å²) in [5, 5.41) is 4.56. The number of piperazine rings is 1. The Labute approximate surface area is 114 Å². The van der Waals surface area contributed by atoms with Gasteiger partial charge in [0.15, 0.2) is 0 Å². The minimum Gasteiger partial charge on any atom is -0.365 e. The molecular weight excluding hydrogens is 244 g/mol. The van der Waals surface area contributed by atoms with Crippen LogP contribution < -0.4 is 10.2 Å². The zero-order valence-corrected chi connectivity index (χ0v) is 11.9. The zero-order valence-electron chi connectivity index (χ0n) is 11.1. The predicted octanol–water partition coefficient (Wildman–Crippen LogP) is 3.23. The number of anilines is 1. The van der Waals surface area contributed by atoms with Gasteiger partial charge in [0.25, 0.3) is 0 Å². The van der Waals surface area contributed by atoms with Crippen LogP contribution in [-0.2, 0) is 0 Å². The molecule has 18 heavy (non-hydrogen) atoms. The molecule has 1 aromatic rings. The average molecular weight is 265 g/mol. The van der Waals surface area contributed by atoms with Crippen molar-refractivity contribution >= 4 is 17.3 Å². The Morgan fingerprint density at radius 1 is 1.33 bits per heavy atom. The van der Waals surface area contributed by atoms with Gasteiger partial charge in [0.2, 0.25) is 0 Å². The molecule has 1 N–H and O–H groups in total. The predicted molar refractivity (Wildman–Crippen MR) is 77.5 cm³/mol. The molecule has 1 heterocycles. The molecule has 2 unspecified atom stereocenters. The van der Waals surface area contributed by atoms with Gasteiger partial charge in [-0.1, -0.05) is 17.7 Å². The first kappa shape index (κ1) is 12.3. The van der Waals surface area contributed by atoms with E-state index in [1.807, 2.05) is 0 Å². The van der Waals surface area contributed by atoms with Gasteiger partial charge in [-0.05, 0) is 50.3 Å². The van der Waals surface area contributed by atoms with Gasteiger partial charge >= 0.3 is 0 Å². The standard InChI is InChI=1S/C15H21ClN2/c1-10-3-6-15(13(16)7-10)18-9-14(12-4-5-12)17-8-11(18)2/h3,6-7,11-12,14,17H,4-5,8-9H2,1-2H3. The van der Waals surface area contributed by atoms with E-state index in [1.165, 1.54) is 24.1 Å². The van der Waals surface area contributed by atoms with Crippen LogP contribution in [0.3, 0.4) is 0 Å². The lowest BCUT2D eigenvalue weighted by Crippen LogP contribution is -2.56. The number of hydrogen-bond acceptors (Lipinski definition) is 2. The lowest BCUT2D eigenvalue weighted by molar-refractivity contribution is 0.376. The third-order valence-electron chi connectivity index (χ3n) is 4.20. The highest BCUT2D eigenvalue weighted by Crippen LogP contribution is 2.36. The van der Waals surface area contributed by atoms with E-state index in [-0.39, 0.29) is 0 Å². The molecule has 98 valence electrons. The van der Waals surface area contributed by atoms with Gasteiger partial charge in [-0.3, -0.25) is 0 Å². The lowest BCUT2D eigenvalue weighted by Gasteiger charge is -2.41. The SMILES string of the molecule is Cc1ccc(N2CC(C3CC3)NCC2C)c(Cl)c1. The Hall–Kier alpha value is -0.730. The smallest absolute Gasteiger partial charge is 0.0642 e. The number of benzene rings is 1. The van der Waals surface area contributed by atoms with Crippen molar-refractivity contribution in [2.75, 3.05) is 18.0 Å². The minimum atomic E-state index is 0.514. The van der Waals surface area contributed by atoms with Crippen molar-refractivity contribution in [1.82, 2.24) is 5.32 Å². The van der Waals surface area contributed by atoms with E-state index in [4.69, 9.17) is 11.6 Å². The van der Waals surface area contributed by atoms with Crippen LogP contribution in [0, 0.1) is 12.8 Å². The molecule has 1 aliphatic heterocycles. The highest BCUT2D eigenvalue weighted by Gasteiger charge is 2.36. The molecule has 1 aromatic carbocycles. The molecular formula is C15H21ClN2. The van der Waals surface area contributed by atoms with Gasteiger partial charge in [0, 0.05) is 25.2 Å². The highest BCUT2D eigenvalue weighted by atomic mass is 35.5. The van der Waals surface area contributed by atoms with Crippen molar-refractivity contribution in [3.8, 4) is 0 Å². The van der Waals surface area contributed by atoms with E-state index in [2.05, 4.69) is 42.3 Å². The molecule has 0 radical (unpaired) electrons. The zero-order chi connectivity index (χ0) is 12.7. The molecule has 0 bridgehead atoms. The van der Waals surface area contributed by atoms with Crippen molar-refractivity contribution in [2.45, 2.75) is 38.8 Å². The molecule has 1 saturated heterocycles. The number of aryl methyl sites for hydroxylation is 1. The second-order valence-electron chi connectivity index (χ2n) is 5.81. The lowest BCUT2D eigenvalue weighted by atomic mass is 10.0. The summed E-state index contributed by atoms with van der Waals surface area (Å²) in [4.78, 5) is 2.47. The second kappa shape index (κ2) is 4.75. The average Bonchev–Trinajstić information content (AvgIpc) is 3.14. The number of nitrogens with zero attached hydrogens (tertiary/aromatic N) is 1. The number of halogens is 1. The Kier molecular flexibility index (Phi) is 3.25. The maximum absolute atomic E-state index is 6.41. The summed E-state index contributed by atoms with van der Waals surface area (Å²) in [6.07, 6.45) is 2.78.